The maximum absolute atomic E-state index is 14.2. The summed E-state index contributed by atoms with van der Waals surface area (Å²) in [4.78, 5) is 28.1. The van der Waals surface area contributed by atoms with E-state index in [0.717, 1.165) is 30.6 Å². The third-order valence-electron chi connectivity index (χ3n) is 7.33. The number of nitrogens with one attached hydrogen (secondary N) is 2. The van der Waals surface area contributed by atoms with Crippen LogP contribution in [0.3, 0.4) is 0 Å². The first-order valence-corrected chi connectivity index (χ1v) is 17.1. The molecule has 3 amide bonds. The fraction of sp³-hybridized carbons (Fsp3) is 0.600. The van der Waals surface area contributed by atoms with Crippen LogP contribution in [0.5, 0.6) is 5.75 Å². The van der Waals surface area contributed by atoms with Crippen LogP contribution in [-0.4, -0.2) is 92.3 Å². The molecule has 0 fully saturated rings. The standard InChI is InChI=1S/C30H46N4O7S2/c1-20(2)31-30(37)32-24-12-13-26-25(16-24)29(36)34(22(4)19-35)17-21(3)27(40-14-8-7-10-23(5)41-26)18-33(6)43(38,39)28-11-9-15-42-28/h9,11-13,15-16,20-23,27,35H,7-8,10,14,17-19H2,1-6H3,(H2,31,32,37)/t21-,22+,23-,27+/m0/s1. The number of amides is 3. The van der Waals surface area contributed by atoms with Crippen LogP contribution in [0.15, 0.2) is 39.9 Å². The molecule has 0 saturated heterocycles. The molecule has 3 rings (SSSR count). The zero-order valence-corrected chi connectivity index (χ0v) is 27.5. The lowest BCUT2D eigenvalue weighted by atomic mass is 10.0. The van der Waals surface area contributed by atoms with Crippen LogP contribution in [0, 0.1) is 5.92 Å². The van der Waals surface area contributed by atoms with E-state index in [1.54, 1.807) is 47.5 Å². The van der Waals surface area contributed by atoms with Crippen LogP contribution in [-0.2, 0) is 14.8 Å². The summed E-state index contributed by atoms with van der Waals surface area (Å²) in [6.07, 6.45) is 1.59. The Bertz CT molecular complexity index is 1300. The SMILES string of the molecule is CC(C)NC(=O)Nc1ccc2c(c1)C(=O)N([C@H](C)CO)C[C@H](C)[C@@H](CN(C)S(=O)(=O)c1cccs1)OCCCC[C@H](C)O2. The third kappa shape index (κ3) is 9.64. The predicted octanol–water partition coefficient (Wildman–Crippen LogP) is 4.39. The van der Waals surface area contributed by atoms with Crippen LogP contribution in [0.25, 0.3) is 0 Å². The zero-order chi connectivity index (χ0) is 31.7. The molecule has 4 atom stereocenters. The van der Waals surface area contributed by atoms with Gasteiger partial charge < -0.3 is 30.1 Å². The highest BCUT2D eigenvalue weighted by Gasteiger charge is 2.32. The van der Waals surface area contributed by atoms with E-state index in [1.807, 2.05) is 27.7 Å². The Kier molecular flexibility index (Phi) is 12.8. The lowest BCUT2D eigenvalue weighted by Crippen LogP contribution is -2.48. The largest absolute Gasteiger partial charge is 0.490 e. The van der Waals surface area contributed by atoms with Gasteiger partial charge in [0.05, 0.1) is 30.4 Å². The molecule has 1 aromatic carbocycles. The molecule has 0 radical (unpaired) electrons. The fourth-order valence-electron chi connectivity index (χ4n) is 4.81. The number of ether oxygens (including phenoxy) is 2. The summed E-state index contributed by atoms with van der Waals surface area (Å²) in [7, 11) is -2.16. The first-order chi connectivity index (χ1) is 20.3. The quantitative estimate of drug-likeness (QED) is 0.390. The van der Waals surface area contributed by atoms with Gasteiger partial charge in [-0.3, -0.25) is 4.79 Å². The smallest absolute Gasteiger partial charge is 0.319 e. The molecule has 0 saturated carbocycles. The molecule has 1 aliphatic heterocycles. The number of rotatable bonds is 8. The minimum atomic E-state index is -3.70. The second-order valence-electron chi connectivity index (χ2n) is 11.5. The fourth-order valence-corrected chi connectivity index (χ4v) is 7.19. The van der Waals surface area contributed by atoms with E-state index < -0.39 is 28.2 Å². The van der Waals surface area contributed by atoms with Gasteiger partial charge in [-0.25, -0.2) is 13.2 Å². The summed E-state index contributed by atoms with van der Waals surface area (Å²) < 4.78 is 40.4. The molecule has 1 aliphatic rings. The van der Waals surface area contributed by atoms with Crippen LogP contribution in [0.2, 0.25) is 0 Å². The number of carbonyl (C=O) groups is 2. The number of sulfonamides is 1. The van der Waals surface area contributed by atoms with Gasteiger partial charge in [0.25, 0.3) is 15.9 Å². The topological polar surface area (TPSA) is 138 Å². The molecule has 13 heteroatoms. The first kappa shape index (κ1) is 34.8. The zero-order valence-electron chi connectivity index (χ0n) is 25.9. The summed E-state index contributed by atoms with van der Waals surface area (Å²) in [5.74, 6) is -0.274. The van der Waals surface area contributed by atoms with Crippen LogP contribution >= 0.6 is 11.3 Å². The molecule has 240 valence electrons. The van der Waals surface area contributed by atoms with E-state index in [1.165, 1.54) is 11.4 Å². The van der Waals surface area contributed by atoms with Gasteiger partial charge in [0.1, 0.15) is 9.96 Å². The van der Waals surface area contributed by atoms with Gasteiger partial charge in [-0.15, -0.1) is 11.3 Å². The Morgan fingerprint density at radius 3 is 2.60 bits per heavy atom. The molecular weight excluding hydrogens is 592 g/mol. The van der Waals surface area contributed by atoms with Crippen molar-refractivity contribution in [3.05, 3.63) is 41.3 Å². The van der Waals surface area contributed by atoms with Crippen molar-refractivity contribution >= 4 is 39.0 Å². The molecule has 2 heterocycles. The number of hydrogen-bond donors (Lipinski definition) is 3. The van der Waals surface area contributed by atoms with Crippen molar-refractivity contribution in [3.8, 4) is 5.75 Å². The Labute approximate surface area is 259 Å². The van der Waals surface area contributed by atoms with Crippen molar-refractivity contribution in [3.63, 3.8) is 0 Å². The molecule has 0 unspecified atom stereocenters. The summed E-state index contributed by atoms with van der Waals surface area (Å²) in [6, 6.07) is 7.23. The second kappa shape index (κ2) is 15.8. The summed E-state index contributed by atoms with van der Waals surface area (Å²) >= 11 is 1.16. The van der Waals surface area contributed by atoms with Crippen molar-refractivity contribution in [2.24, 2.45) is 5.92 Å². The van der Waals surface area contributed by atoms with Crippen molar-refractivity contribution in [1.29, 1.82) is 0 Å². The first-order valence-electron chi connectivity index (χ1n) is 14.7. The molecule has 0 spiro atoms. The highest BCUT2D eigenvalue weighted by molar-refractivity contribution is 7.91. The van der Waals surface area contributed by atoms with E-state index >= 15 is 0 Å². The molecule has 11 nitrogen and oxygen atoms in total. The Hall–Kier alpha value is -2.71. The van der Waals surface area contributed by atoms with Crippen LogP contribution in [0.4, 0.5) is 10.5 Å². The van der Waals surface area contributed by atoms with Crippen molar-refractivity contribution in [1.82, 2.24) is 14.5 Å². The molecule has 0 bridgehead atoms. The summed E-state index contributed by atoms with van der Waals surface area (Å²) in [5, 5.41) is 17.4. The van der Waals surface area contributed by atoms with Gasteiger partial charge >= 0.3 is 6.03 Å². The van der Waals surface area contributed by atoms with Crippen molar-refractivity contribution in [2.75, 3.05) is 38.7 Å². The van der Waals surface area contributed by atoms with Crippen molar-refractivity contribution in [2.45, 2.75) is 82.4 Å². The van der Waals surface area contributed by atoms with Gasteiger partial charge in [0.2, 0.25) is 0 Å². The molecule has 2 aromatic rings. The monoisotopic (exact) mass is 638 g/mol. The molecular formula is C30H46N4O7S2. The Morgan fingerprint density at radius 2 is 1.95 bits per heavy atom. The summed E-state index contributed by atoms with van der Waals surface area (Å²) in [5.41, 5.74) is 0.683. The van der Waals surface area contributed by atoms with Gasteiger partial charge in [0, 0.05) is 44.4 Å². The van der Waals surface area contributed by atoms with Gasteiger partial charge in [-0.1, -0.05) is 13.0 Å². The number of thiophene rings is 1. The van der Waals surface area contributed by atoms with E-state index in [4.69, 9.17) is 9.47 Å². The molecule has 1 aromatic heterocycles. The number of anilines is 1. The normalized spacial score (nSPS) is 21.6. The maximum atomic E-state index is 14.2. The Morgan fingerprint density at radius 1 is 1.21 bits per heavy atom. The van der Waals surface area contributed by atoms with Gasteiger partial charge in [-0.2, -0.15) is 4.31 Å². The number of urea groups is 1. The predicted molar refractivity (Wildman–Crippen MR) is 168 cm³/mol. The molecule has 43 heavy (non-hydrogen) atoms. The van der Waals surface area contributed by atoms with Gasteiger partial charge in [0.15, 0.2) is 0 Å². The number of nitrogens with zero attached hydrogens (tertiary/aromatic N) is 2. The minimum absolute atomic E-state index is 0.0694. The van der Waals surface area contributed by atoms with E-state index in [9.17, 15) is 23.1 Å². The average Bonchev–Trinajstić information content (AvgIpc) is 3.50. The molecule has 0 aliphatic carbocycles. The van der Waals surface area contributed by atoms with E-state index in [2.05, 4.69) is 10.6 Å². The molecule has 3 N–H and O–H groups in total. The van der Waals surface area contributed by atoms with E-state index in [0.29, 0.717) is 18.0 Å². The van der Waals surface area contributed by atoms with Crippen LogP contribution < -0.4 is 15.4 Å². The van der Waals surface area contributed by atoms with Crippen molar-refractivity contribution < 1.29 is 32.6 Å². The number of hydrogen-bond acceptors (Lipinski definition) is 8. The number of carbonyl (C=O) groups excluding carboxylic acids is 2. The lowest BCUT2D eigenvalue weighted by Gasteiger charge is -2.35. The van der Waals surface area contributed by atoms with E-state index in [-0.39, 0.29) is 53.4 Å². The maximum Gasteiger partial charge on any atom is 0.319 e. The summed E-state index contributed by atoms with van der Waals surface area (Å²) in [6.45, 7) is 9.75. The number of aliphatic hydroxyl groups excluding tert-OH is 1. The number of aliphatic hydroxyl groups is 1. The lowest BCUT2D eigenvalue weighted by molar-refractivity contribution is -0.00832. The third-order valence-corrected chi connectivity index (χ3v) is 10.5. The van der Waals surface area contributed by atoms with Crippen LogP contribution in [0.1, 0.15) is 64.2 Å². The number of likely N-dealkylation sites (N-methyl/N-ethyl adjacent to an activating group) is 1. The minimum Gasteiger partial charge on any atom is -0.490 e. The average molecular weight is 639 g/mol. The Balaban J connectivity index is 1.96. The highest BCUT2D eigenvalue weighted by atomic mass is 32.2. The second-order valence-corrected chi connectivity index (χ2v) is 14.7. The number of fused-ring (bicyclic) bond motifs is 1. The van der Waals surface area contributed by atoms with Gasteiger partial charge in [-0.05, 0) is 76.6 Å². The highest BCUT2D eigenvalue weighted by Crippen LogP contribution is 2.29. The number of benzene rings is 1.